The second-order valence-electron chi connectivity index (χ2n) is 5.21. The molecule has 1 aliphatic rings. The molecule has 4 N–H and O–H groups in total. The van der Waals surface area contributed by atoms with E-state index in [-0.39, 0.29) is 12.8 Å². The van der Waals surface area contributed by atoms with Crippen LogP contribution in [-0.4, -0.2) is 28.9 Å². The Kier molecular flexibility index (Phi) is 4.57. The molecule has 1 aliphatic carbocycles. The second kappa shape index (κ2) is 6.39. The van der Waals surface area contributed by atoms with E-state index in [9.17, 15) is 14.4 Å². The SMILES string of the molecule is NC(=O)CC[C@H](NC(=O)c1ccc2c(c1)CCC2)C(=O)O. The lowest BCUT2D eigenvalue weighted by molar-refractivity contribution is -0.139. The zero-order chi connectivity index (χ0) is 15.4. The van der Waals surface area contributed by atoms with Crippen molar-refractivity contribution in [1.82, 2.24) is 5.32 Å². The number of nitrogens with one attached hydrogen (secondary N) is 1. The van der Waals surface area contributed by atoms with Crippen molar-refractivity contribution in [3.05, 3.63) is 34.9 Å². The molecule has 1 aromatic rings. The molecule has 0 saturated heterocycles. The Morgan fingerprint density at radius 2 is 1.95 bits per heavy atom. The van der Waals surface area contributed by atoms with Gasteiger partial charge in [-0.15, -0.1) is 0 Å². The zero-order valence-corrected chi connectivity index (χ0v) is 11.6. The largest absolute Gasteiger partial charge is 0.480 e. The van der Waals surface area contributed by atoms with Gasteiger partial charge in [0.2, 0.25) is 5.91 Å². The fraction of sp³-hybridized carbons (Fsp3) is 0.400. The molecule has 21 heavy (non-hydrogen) atoms. The highest BCUT2D eigenvalue weighted by Crippen LogP contribution is 2.22. The number of primary amides is 1. The van der Waals surface area contributed by atoms with Gasteiger partial charge < -0.3 is 16.2 Å². The molecule has 0 aliphatic heterocycles. The van der Waals surface area contributed by atoms with Gasteiger partial charge in [-0.05, 0) is 48.9 Å². The first-order valence-corrected chi connectivity index (χ1v) is 6.91. The fourth-order valence-electron chi connectivity index (χ4n) is 2.50. The molecule has 1 aromatic carbocycles. The summed E-state index contributed by atoms with van der Waals surface area (Å²) in [5.41, 5.74) is 7.84. The predicted octanol–water partition coefficient (Wildman–Crippen LogP) is 0.624. The lowest BCUT2D eigenvalue weighted by atomic mass is 10.1. The number of amides is 2. The molecular weight excluding hydrogens is 272 g/mol. The van der Waals surface area contributed by atoms with Crippen molar-refractivity contribution in [2.24, 2.45) is 5.73 Å². The summed E-state index contributed by atoms with van der Waals surface area (Å²) >= 11 is 0. The molecule has 2 amide bonds. The minimum atomic E-state index is -1.18. The molecule has 0 bridgehead atoms. The molecule has 1 atom stereocenters. The topological polar surface area (TPSA) is 109 Å². The summed E-state index contributed by atoms with van der Waals surface area (Å²) in [5, 5.41) is 11.5. The summed E-state index contributed by atoms with van der Waals surface area (Å²) in [6.45, 7) is 0. The number of hydrogen-bond acceptors (Lipinski definition) is 3. The number of rotatable bonds is 6. The van der Waals surface area contributed by atoms with E-state index in [2.05, 4.69) is 5.32 Å². The molecule has 0 spiro atoms. The van der Waals surface area contributed by atoms with Crippen LogP contribution < -0.4 is 11.1 Å². The molecule has 0 fully saturated rings. The number of carbonyl (C=O) groups is 3. The van der Waals surface area contributed by atoms with E-state index in [1.165, 1.54) is 5.56 Å². The monoisotopic (exact) mass is 290 g/mol. The molecule has 0 heterocycles. The predicted molar refractivity (Wildman–Crippen MR) is 75.8 cm³/mol. The first-order valence-electron chi connectivity index (χ1n) is 6.91. The van der Waals surface area contributed by atoms with Crippen LogP contribution in [0.5, 0.6) is 0 Å². The number of carbonyl (C=O) groups excluding carboxylic acids is 2. The lowest BCUT2D eigenvalue weighted by Gasteiger charge is -2.14. The highest BCUT2D eigenvalue weighted by molar-refractivity contribution is 5.97. The number of carboxylic acids is 1. The van der Waals surface area contributed by atoms with E-state index >= 15 is 0 Å². The molecule has 6 nitrogen and oxygen atoms in total. The maximum absolute atomic E-state index is 12.1. The van der Waals surface area contributed by atoms with Gasteiger partial charge in [-0.25, -0.2) is 4.79 Å². The van der Waals surface area contributed by atoms with Crippen LogP contribution in [0.3, 0.4) is 0 Å². The Labute approximate surface area is 122 Å². The first kappa shape index (κ1) is 15.0. The standard InChI is InChI=1S/C15H18N2O4/c16-13(18)7-6-12(15(20)21)17-14(19)11-5-4-9-2-1-3-10(9)8-11/h4-5,8,12H,1-3,6-7H2,(H2,16,18)(H,17,19)(H,20,21)/t12-/m0/s1. The van der Waals surface area contributed by atoms with Gasteiger partial charge in [-0.1, -0.05) is 6.07 Å². The first-order chi connectivity index (χ1) is 9.97. The average Bonchev–Trinajstić information content (AvgIpc) is 2.89. The van der Waals surface area contributed by atoms with Crippen LogP contribution in [0.1, 0.15) is 40.7 Å². The highest BCUT2D eigenvalue weighted by Gasteiger charge is 2.22. The second-order valence-corrected chi connectivity index (χ2v) is 5.21. The molecule has 0 unspecified atom stereocenters. The van der Waals surface area contributed by atoms with Crippen molar-refractivity contribution in [3.8, 4) is 0 Å². The Bertz CT molecular complexity index is 583. The van der Waals surface area contributed by atoms with Gasteiger partial charge in [-0.2, -0.15) is 0 Å². The van der Waals surface area contributed by atoms with E-state index < -0.39 is 23.8 Å². The van der Waals surface area contributed by atoms with Crippen molar-refractivity contribution in [1.29, 1.82) is 0 Å². The smallest absolute Gasteiger partial charge is 0.326 e. The van der Waals surface area contributed by atoms with Crippen LogP contribution in [0.25, 0.3) is 0 Å². The quantitative estimate of drug-likeness (QED) is 0.713. The molecule has 0 radical (unpaired) electrons. The summed E-state index contributed by atoms with van der Waals surface area (Å²) in [7, 11) is 0. The summed E-state index contributed by atoms with van der Waals surface area (Å²) in [4.78, 5) is 33.9. The third-order valence-electron chi connectivity index (χ3n) is 3.64. The van der Waals surface area contributed by atoms with Crippen LogP contribution in [-0.2, 0) is 22.4 Å². The maximum atomic E-state index is 12.1. The van der Waals surface area contributed by atoms with Gasteiger partial charge in [0.15, 0.2) is 0 Å². The van der Waals surface area contributed by atoms with E-state index in [4.69, 9.17) is 10.8 Å². The maximum Gasteiger partial charge on any atom is 0.326 e. The Balaban J connectivity index is 2.04. The molecule has 112 valence electrons. The Hall–Kier alpha value is -2.37. The van der Waals surface area contributed by atoms with E-state index in [0.717, 1.165) is 24.8 Å². The number of nitrogens with two attached hydrogens (primary N) is 1. The Morgan fingerprint density at radius 1 is 1.24 bits per heavy atom. The third kappa shape index (κ3) is 3.81. The summed E-state index contributed by atoms with van der Waals surface area (Å²) in [5.74, 6) is -2.21. The molecular formula is C15H18N2O4. The summed E-state index contributed by atoms with van der Waals surface area (Å²) < 4.78 is 0. The zero-order valence-electron chi connectivity index (χ0n) is 11.6. The van der Waals surface area contributed by atoms with Gasteiger partial charge in [0.1, 0.15) is 6.04 Å². The van der Waals surface area contributed by atoms with Crippen LogP contribution in [0.4, 0.5) is 0 Å². The minimum absolute atomic E-state index is 0.0126. The van der Waals surface area contributed by atoms with Gasteiger partial charge in [0, 0.05) is 12.0 Å². The molecule has 6 heteroatoms. The van der Waals surface area contributed by atoms with Crippen molar-refractivity contribution in [2.45, 2.75) is 38.1 Å². The van der Waals surface area contributed by atoms with E-state index in [1.54, 1.807) is 6.07 Å². The van der Waals surface area contributed by atoms with Crippen molar-refractivity contribution < 1.29 is 19.5 Å². The third-order valence-corrected chi connectivity index (χ3v) is 3.64. The molecule has 0 aromatic heterocycles. The minimum Gasteiger partial charge on any atom is -0.480 e. The summed E-state index contributed by atoms with van der Waals surface area (Å²) in [6, 6.07) is 4.31. The number of aryl methyl sites for hydroxylation is 2. The molecule has 0 saturated carbocycles. The number of hydrogen-bond donors (Lipinski definition) is 3. The molecule has 2 rings (SSSR count). The van der Waals surface area contributed by atoms with Crippen LogP contribution in [0, 0.1) is 0 Å². The van der Waals surface area contributed by atoms with Crippen molar-refractivity contribution in [2.75, 3.05) is 0 Å². The fourth-order valence-corrected chi connectivity index (χ4v) is 2.50. The Morgan fingerprint density at radius 3 is 2.62 bits per heavy atom. The summed E-state index contributed by atoms with van der Waals surface area (Å²) in [6.07, 6.45) is 2.95. The number of fused-ring (bicyclic) bond motifs is 1. The van der Waals surface area contributed by atoms with Crippen molar-refractivity contribution in [3.63, 3.8) is 0 Å². The normalized spacial score (nSPS) is 14.3. The highest BCUT2D eigenvalue weighted by atomic mass is 16.4. The van der Waals surface area contributed by atoms with E-state index in [1.807, 2.05) is 12.1 Å². The lowest BCUT2D eigenvalue weighted by Crippen LogP contribution is -2.41. The number of benzene rings is 1. The van der Waals surface area contributed by atoms with E-state index in [0.29, 0.717) is 5.56 Å². The number of aliphatic carboxylic acids is 1. The number of carboxylic acid groups (broad SMARTS) is 1. The van der Waals surface area contributed by atoms with Crippen LogP contribution in [0.15, 0.2) is 18.2 Å². The van der Waals surface area contributed by atoms with Crippen LogP contribution >= 0.6 is 0 Å². The van der Waals surface area contributed by atoms with Gasteiger partial charge >= 0.3 is 5.97 Å². The van der Waals surface area contributed by atoms with Gasteiger partial charge in [-0.3, -0.25) is 9.59 Å². The van der Waals surface area contributed by atoms with Gasteiger partial charge in [0.05, 0.1) is 0 Å². The van der Waals surface area contributed by atoms with Gasteiger partial charge in [0.25, 0.3) is 5.91 Å². The van der Waals surface area contributed by atoms with Crippen molar-refractivity contribution >= 4 is 17.8 Å². The van der Waals surface area contributed by atoms with Crippen LogP contribution in [0.2, 0.25) is 0 Å². The average molecular weight is 290 g/mol.